The van der Waals surface area contributed by atoms with Gasteiger partial charge >= 0.3 is 5.97 Å². The maximum Gasteiger partial charge on any atom is 0.303 e. The monoisotopic (exact) mass is 503 g/mol. The molecule has 0 saturated heterocycles. The number of carbonyl (C=O) groups is 1. The molecule has 0 aliphatic carbocycles. The van der Waals surface area contributed by atoms with Crippen LogP contribution in [0.25, 0.3) is 11.1 Å². The van der Waals surface area contributed by atoms with Crippen molar-refractivity contribution < 1.29 is 36.6 Å². The Bertz CT molecular complexity index is 1390. The van der Waals surface area contributed by atoms with Gasteiger partial charge in [0.1, 0.15) is 17.6 Å². The van der Waals surface area contributed by atoms with Crippen LogP contribution in [0.5, 0.6) is 11.5 Å². The number of aliphatic carboxylic acids is 1. The number of rotatable bonds is 7. The molecule has 1 aliphatic rings. The molecule has 10 heteroatoms. The van der Waals surface area contributed by atoms with E-state index in [-0.39, 0.29) is 52.6 Å². The number of carboxylic acid groups (broad SMARTS) is 1. The van der Waals surface area contributed by atoms with Crippen LogP contribution in [0.2, 0.25) is 0 Å². The molecule has 0 bridgehead atoms. The fraction of sp³-hybridized carbons (Fsp3) is 0.240. The van der Waals surface area contributed by atoms with E-state index in [9.17, 15) is 22.0 Å². The molecule has 3 aromatic carbocycles. The van der Waals surface area contributed by atoms with Gasteiger partial charge in [0.05, 0.1) is 24.2 Å². The minimum Gasteiger partial charge on any atom is -0.497 e. The molecule has 1 heterocycles. The van der Waals surface area contributed by atoms with E-state index in [2.05, 4.69) is 0 Å². The Kier molecular flexibility index (Phi) is 6.66. The fourth-order valence-electron chi connectivity index (χ4n) is 3.94. The first-order valence-corrected chi connectivity index (χ1v) is 12.2. The van der Waals surface area contributed by atoms with Crippen molar-refractivity contribution in [1.82, 2.24) is 0 Å². The third-order valence-corrected chi connectivity index (χ3v) is 7.47. The summed E-state index contributed by atoms with van der Waals surface area (Å²) >= 11 is 0. The highest BCUT2D eigenvalue weighted by atomic mass is 32.2. The number of hydrogen-bond donors (Lipinski definition) is 1. The van der Waals surface area contributed by atoms with Crippen LogP contribution in [-0.4, -0.2) is 39.3 Å². The van der Waals surface area contributed by atoms with Gasteiger partial charge in [0.15, 0.2) is 11.6 Å². The normalized spacial score (nSPS) is 15.3. The second kappa shape index (κ2) is 9.53. The summed E-state index contributed by atoms with van der Waals surface area (Å²) in [4.78, 5) is 11.1. The summed E-state index contributed by atoms with van der Waals surface area (Å²) in [7, 11) is -2.76. The molecule has 0 unspecified atom stereocenters. The van der Waals surface area contributed by atoms with Gasteiger partial charge in [-0.1, -0.05) is 18.2 Å². The highest BCUT2D eigenvalue weighted by Crippen LogP contribution is 2.41. The maximum absolute atomic E-state index is 14.7. The Morgan fingerprint density at radius 3 is 2.63 bits per heavy atom. The third-order valence-electron chi connectivity index (χ3n) is 5.70. The topological polar surface area (TPSA) is 93.1 Å². The third kappa shape index (κ3) is 4.93. The molecule has 0 spiro atoms. The van der Waals surface area contributed by atoms with E-state index in [1.165, 1.54) is 43.5 Å². The number of hydrogen-bond acceptors (Lipinski definition) is 5. The summed E-state index contributed by atoms with van der Waals surface area (Å²) in [6.07, 6.45) is -0.827. The Morgan fingerprint density at radius 1 is 1.17 bits per heavy atom. The van der Waals surface area contributed by atoms with E-state index in [4.69, 9.17) is 14.6 Å². The van der Waals surface area contributed by atoms with Crippen molar-refractivity contribution in [3.8, 4) is 22.6 Å². The molecular weight excluding hydrogens is 480 g/mol. The highest BCUT2D eigenvalue weighted by molar-refractivity contribution is 7.92. The number of nitrogens with zero attached hydrogens (tertiary/aromatic N) is 1. The average Bonchev–Trinajstić information content (AvgIpc) is 2.83. The molecule has 7 nitrogen and oxygen atoms in total. The quantitative estimate of drug-likeness (QED) is 0.499. The van der Waals surface area contributed by atoms with Crippen LogP contribution >= 0.6 is 0 Å². The van der Waals surface area contributed by atoms with Crippen molar-refractivity contribution >= 4 is 21.7 Å². The summed E-state index contributed by atoms with van der Waals surface area (Å²) in [6, 6.07) is 13.0. The van der Waals surface area contributed by atoms with E-state index >= 15 is 0 Å². The molecule has 3 aromatic rings. The first-order chi connectivity index (χ1) is 16.6. The molecule has 1 atom stereocenters. The minimum atomic E-state index is -4.09. The van der Waals surface area contributed by atoms with Gasteiger partial charge in [-0.3, -0.25) is 9.10 Å². The standard InChI is InChI=1S/C25H23F2NO6S/c1-15-4-3-5-19(10-15)35(31,32)28-14-17(7-9-24(29)30)34-23-8-6-16(11-22(23)28)20-12-18(33-2)13-21(26)25(20)27/h3-6,8,10-13,17H,7,9,14H2,1-2H3,(H,29,30)/t17-/m0/s1. The van der Waals surface area contributed by atoms with Gasteiger partial charge in [0.25, 0.3) is 10.0 Å². The van der Waals surface area contributed by atoms with Gasteiger partial charge in [-0.05, 0) is 54.8 Å². The minimum absolute atomic E-state index is 0.0475. The summed E-state index contributed by atoms with van der Waals surface area (Å²) in [5.41, 5.74) is 0.990. The molecule has 4 rings (SSSR count). The van der Waals surface area contributed by atoms with Crippen molar-refractivity contribution in [1.29, 1.82) is 0 Å². The number of aryl methyl sites for hydroxylation is 1. The van der Waals surface area contributed by atoms with Gasteiger partial charge in [-0.25, -0.2) is 17.2 Å². The Morgan fingerprint density at radius 2 is 1.94 bits per heavy atom. The number of anilines is 1. The molecular formula is C25H23F2NO6S. The number of ether oxygens (including phenoxy) is 2. The Hall–Kier alpha value is -3.66. The summed E-state index contributed by atoms with van der Waals surface area (Å²) in [5.74, 6) is -2.94. The summed E-state index contributed by atoms with van der Waals surface area (Å²) in [6.45, 7) is 1.62. The lowest BCUT2D eigenvalue weighted by molar-refractivity contribution is -0.137. The Labute approximate surface area is 201 Å². The number of benzene rings is 3. The van der Waals surface area contributed by atoms with Crippen LogP contribution in [0.3, 0.4) is 0 Å². The molecule has 35 heavy (non-hydrogen) atoms. The molecule has 0 radical (unpaired) electrons. The van der Waals surface area contributed by atoms with Crippen molar-refractivity contribution in [2.24, 2.45) is 0 Å². The first kappa shape index (κ1) is 24.5. The molecule has 0 saturated carbocycles. The van der Waals surface area contributed by atoms with Gasteiger partial charge in [-0.15, -0.1) is 0 Å². The van der Waals surface area contributed by atoms with Crippen LogP contribution in [0, 0.1) is 18.6 Å². The Balaban J connectivity index is 1.84. The molecule has 0 fully saturated rings. The van der Waals surface area contributed by atoms with Crippen molar-refractivity contribution in [3.05, 3.63) is 71.8 Å². The summed E-state index contributed by atoms with van der Waals surface area (Å²) < 4.78 is 68.2. The zero-order valence-corrected chi connectivity index (χ0v) is 19.8. The predicted molar refractivity (Wildman–Crippen MR) is 125 cm³/mol. The molecule has 184 valence electrons. The SMILES string of the molecule is COc1cc(F)c(F)c(-c2ccc3c(c2)N(S(=O)(=O)c2cccc(C)c2)C[C@H](CCC(=O)O)O3)c1. The van der Waals surface area contributed by atoms with Gasteiger partial charge in [0.2, 0.25) is 0 Å². The maximum atomic E-state index is 14.7. The van der Waals surface area contributed by atoms with E-state index in [1.807, 2.05) is 0 Å². The number of sulfonamides is 1. The van der Waals surface area contributed by atoms with E-state index in [0.717, 1.165) is 15.9 Å². The smallest absolute Gasteiger partial charge is 0.303 e. The molecule has 1 N–H and O–H groups in total. The second-order valence-electron chi connectivity index (χ2n) is 8.18. The number of halogens is 2. The fourth-order valence-corrected chi connectivity index (χ4v) is 5.54. The van der Waals surface area contributed by atoms with E-state index < -0.39 is 33.7 Å². The van der Waals surface area contributed by atoms with Crippen LogP contribution in [-0.2, 0) is 14.8 Å². The largest absolute Gasteiger partial charge is 0.497 e. The first-order valence-electron chi connectivity index (χ1n) is 10.8. The van der Waals surface area contributed by atoms with Crippen molar-refractivity contribution in [3.63, 3.8) is 0 Å². The molecule has 0 amide bonds. The van der Waals surface area contributed by atoms with Crippen molar-refractivity contribution in [2.45, 2.75) is 30.8 Å². The van der Waals surface area contributed by atoms with Crippen LogP contribution < -0.4 is 13.8 Å². The number of carboxylic acids is 1. The lowest BCUT2D eigenvalue weighted by Gasteiger charge is -2.35. The average molecular weight is 504 g/mol. The highest BCUT2D eigenvalue weighted by Gasteiger charge is 2.35. The van der Waals surface area contributed by atoms with Crippen LogP contribution in [0.4, 0.5) is 14.5 Å². The lowest BCUT2D eigenvalue weighted by Crippen LogP contribution is -2.43. The second-order valence-corrected chi connectivity index (χ2v) is 10.0. The molecule has 0 aromatic heterocycles. The zero-order chi connectivity index (χ0) is 25.3. The van der Waals surface area contributed by atoms with Gasteiger partial charge in [0, 0.05) is 18.1 Å². The number of fused-ring (bicyclic) bond motifs is 1. The van der Waals surface area contributed by atoms with Gasteiger partial charge in [-0.2, -0.15) is 0 Å². The van der Waals surface area contributed by atoms with Gasteiger partial charge < -0.3 is 14.6 Å². The summed E-state index contributed by atoms with van der Waals surface area (Å²) in [5, 5.41) is 9.06. The lowest BCUT2D eigenvalue weighted by atomic mass is 10.0. The van der Waals surface area contributed by atoms with Crippen LogP contribution in [0.1, 0.15) is 18.4 Å². The number of methoxy groups -OCH3 is 1. The predicted octanol–water partition coefficient (Wildman–Crippen LogP) is 4.77. The molecule has 1 aliphatic heterocycles. The van der Waals surface area contributed by atoms with Crippen molar-refractivity contribution in [2.75, 3.05) is 18.0 Å². The van der Waals surface area contributed by atoms with Crippen LogP contribution in [0.15, 0.2) is 59.5 Å². The van der Waals surface area contributed by atoms with E-state index in [1.54, 1.807) is 19.1 Å². The van der Waals surface area contributed by atoms with E-state index in [0.29, 0.717) is 0 Å². The zero-order valence-electron chi connectivity index (χ0n) is 19.0.